The summed E-state index contributed by atoms with van der Waals surface area (Å²) in [6.45, 7) is 6.39. The number of rotatable bonds is 18. The third kappa shape index (κ3) is 11.9. The van der Waals surface area contributed by atoms with Gasteiger partial charge >= 0.3 is 25.9 Å². The Bertz CT molecular complexity index is 2720. The number of carboxylic acid groups (broad SMARTS) is 2. The summed E-state index contributed by atoms with van der Waals surface area (Å²) in [6.07, 6.45) is -0.571. The molecule has 0 aliphatic carbocycles. The average molecular weight is 990 g/mol. The minimum absolute atomic E-state index is 0.0516. The number of aromatic nitrogens is 1. The molecule has 3 aliphatic rings. The van der Waals surface area contributed by atoms with E-state index < -0.39 is 128 Å². The lowest BCUT2D eigenvalue weighted by Gasteiger charge is -2.42. The Hall–Kier alpha value is -6.91. The predicted molar refractivity (Wildman–Crippen MR) is 233 cm³/mol. The number of phosphoric acid groups is 1. The topological polar surface area (TPSA) is 308 Å². The molecule has 4 heterocycles. The Balaban J connectivity index is 1.23. The number of aliphatic carboxylic acids is 2. The summed E-state index contributed by atoms with van der Waals surface area (Å²) in [5, 5.41) is 27.3. The van der Waals surface area contributed by atoms with Crippen molar-refractivity contribution in [1.82, 2.24) is 20.1 Å². The number of carboxylic acids is 2. The van der Waals surface area contributed by atoms with E-state index in [4.69, 9.17) is 28.7 Å². The molecule has 0 saturated carbocycles. The minimum atomic E-state index is -5.22. The summed E-state index contributed by atoms with van der Waals surface area (Å²) >= 11 is 0. The SMILES string of the molecule is CC1=NO[C@@]2(CC[C@H](C)N3C[C@H]2n2cc(C(=O)NCc4ccc(F)cc4F)c(=O)c(OCOC(=O)OCCC(C)(C)c4c(CC(=O)NC(CC(=O)O)C(=O)O)cc(C)cc4OP(=O)(O)O)c2C3=O)C1. The summed E-state index contributed by atoms with van der Waals surface area (Å²) < 4.78 is 62.7. The second-order valence-electron chi connectivity index (χ2n) is 17.6. The fourth-order valence-electron chi connectivity index (χ4n) is 8.76. The van der Waals surface area contributed by atoms with E-state index in [1.165, 1.54) is 29.8 Å². The Morgan fingerprint density at radius 2 is 1.78 bits per heavy atom. The molecule has 2 aromatic carbocycles. The smallest absolute Gasteiger partial charge is 0.481 e. The van der Waals surface area contributed by atoms with Gasteiger partial charge < -0.3 is 53.9 Å². The molecule has 6 N–H and O–H groups in total. The molecule has 69 heavy (non-hydrogen) atoms. The molecule has 1 fully saturated rings. The van der Waals surface area contributed by atoms with Crippen molar-refractivity contribution in [3.8, 4) is 11.5 Å². The van der Waals surface area contributed by atoms with E-state index in [0.29, 0.717) is 36.6 Å². The summed E-state index contributed by atoms with van der Waals surface area (Å²) in [6, 6.07) is 2.64. The molecule has 2 bridgehead atoms. The minimum Gasteiger partial charge on any atom is -0.481 e. The van der Waals surface area contributed by atoms with Gasteiger partial charge in [-0.05, 0) is 68.7 Å². The van der Waals surface area contributed by atoms with E-state index >= 15 is 0 Å². The molecule has 3 aromatic rings. The lowest BCUT2D eigenvalue weighted by atomic mass is 9.77. The molecule has 1 saturated heterocycles. The van der Waals surface area contributed by atoms with Crippen LogP contribution in [-0.4, -0.2) is 109 Å². The maximum atomic E-state index is 14.5. The molecule has 372 valence electrons. The monoisotopic (exact) mass is 989 g/mol. The number of phosphoric ester groups is 1. The fraction of sp³-hybridized carbons (Fsp3) is 0.455. The molecular weight excluding hydrogens is 939 g/mol. The number of nitrogens with zero attached hydrogens (tertiary/aromatic N) is 3. The number of pyridine rings is 1. The van der Waals surface area contributed by atoms with Crippen molar-refractivity contribution in [3.63, 3.8) is 0 Å². The second kappa shape index (κ2) is 20.4. The van der Waals surface area contributed by atoms with Gasteiger partial charge in [0.05, 0.1) is 31.2 Å². The van der Waals surface area contributed by atoms with Gasteiger partial charge in [-0.1, -0.05) is 31.1 Å². The van der Waals surface area contributed by atoms with Crippen molar-refractivity contribution in [2.24, 2.45) is 5.16 Å². The van der Waals surface area contributed by atoms with E-state index in [2.05, 4.69) is 15.8 Å². The van der Waals surface area contributed by atoms with E-state index in [0.717, 1.165) is 12.1 Å². The lowest BCUT2D eigenvalue weighted by Crippen LogP contribution is -2.52. The number of amides is 3. The number of nitrogens with one attached hydrogen (secondary N) is 2. The molecule has 25 heteroatoms. The van der Waals surface area contributed by atoms with Gasteiger partial charge in [-0.15, -0.1) is 0 Å². The third-order valence-corrected chi connectivity index (χ3v) is 12.5. The van der Waals surface area contributed by atoms with Crippen LogP contribution in [0.1, 0.15) is 109 Å². The highest BCUT2D eigenvalue weighted by Gasteiger charge is 2.54. The largest absolute Gasteiger partial charge is 0.524 e. The lowest BCUT2D eigenvalue weighted by molar-refractivity contribution is -0.147. The Morgan fingerprint density at radius 1 is 1.06 bits per heavy atom. The van der Waals surface area contributed by atoms with Gasteiger partial charge in [-0.3, -0.25) is 33.8 Å². The van der Waals surface area contributed by atoms with Gasteiger partial charge in [0.2, 0.25) is 23.9 Å². The number of oxime groups is 1. The first-order valence-corrected chi connectivity index (χ1v) is 22.9. The molecule has 3 amide bonds. The van der Waals surface area contributed by atoms with E-state index in [-0.39, 0.29) is 47.1 Å². The van der Waals surface area contributed by atoms with Crippen molar-refractivity contribution in [3.05, 3.63) is 91.9 Å². The first-order chi connectivity index (χ1) is 32.3. The van der Waals surface area contributed by atoms with Crippen LogP contribution in [0.15, 0.2) is 46.5 Å². The number of benzene rings is 2. The number of halogens is 2. The van der Waals surface area contributed by atoms with Gasteiger partial charge in [0, 0.05) is 48.9 Å². The number of ether oxygens (including phenoxy) is 3. The molecule has 1 spiro atoms. The first-order valence-electron chi connectivity index (χ1n) is 21.4. The highest BCUT2D eigenvalue weighted by molar-refractivity contribution is 7.46. The Morgan fingerprint density at radius 3 is 2.42 bits per heavy atom. The van der Waals surface area contributed by atoms with Crippen LogP contribution in [0.4, 0.5) is 13.6 Å². The number of fused-ring (bicyclic) bond motifs is 5. The second-order valence-corrected chi connectivity index (χ2v) is 18.8. The predicted octanol–water partition coefficient (Wildman–Crippen LogP) is 3.99. The highest BCUT2D eigenvalue weighted by atomic mass is 31.2. The molecule has 3 aliphatic heterocycles. The molecule has 4 atom stereocenters. The van der Waals surface area contributed by atoms with Gasteiger partial charge in [-0.2, -0.15) is 0 Å². The summed E-state index contributed by atoms with van der Waals surface area (Å²) in [7, 11) is -5.22. The van der Waals surface area contributed by atoms with Crippen molar-refractivity contribution < 1.29 is 85.7 Å². The molecular formula is C44H50F2N5O17P. The number of carbonyl (C=O) groups excluding carboxylic acids is 4. The van der Waals surface area contributed by atoms with Crippen LogP contribution < -0.4 is 25.3 Å². The zero-order valence-electron chi connectivity index (χ0n) is 37.9. The van der Waals surface area contributed by atoms with Gasteiger partial charge in [-0.25, -0.2) is 22.9 Å². The van der Waals surface area contributed by atoms with Gasteiger partial charge in [0.25, 0.3) is 11.8 Å². The van der Waals surface area contributed by atoms with Crippen LogP contribution in [0.25, 0.3) is 0 Å². The first kappa shape index (κ1) is 51.5. The molecule has 1 unspecified atom stereocenters. The van der Waals surface area contributed by atoms with Crippen LogP contribution in [0.3, 0.4) is 0 Å². The summed E-state index contributed by atoms with van der Waals surface area (Å²) in [5.41, 5.74) is -3.06. The number of hydrogen-bond donors (Lipinski definition) is 6. The van der Waals surface area contributed by atoms with E-state index in [1.807, 2.05) is 6.92 Å². The maximum absolute atomic E-state index is 14.5. The summed E-state index contributed by atoms with van der Waals surface area (Å²) in [5.74, 6) is -8.52. The normalized spacial score (nSPS) is 19.1. The molecule has 1 aromatic heterocycles. The zero-order valence-corrected chi connectivity index (χ0v) is 38.8. The van der Waals surface area contributed by atoms with Crippen LogP contribution in [-0.2, 0) is 51.6 Å². The number of aryl methyl sites for hydroxylation is 1. The highest BCUT2D eigenvalue weighted by Crippen LogP contribution is 2.47. The molecule has 0 radical (unpaired) electrons. The maximum Gasteiger partial charge on any atom is 0.524 e. The van der Waals surface area contributed by atoms with E-state index in [9.17, 15) is 61.8 Å². The summed E-state index contributed by atoms with van der Waals surface area (Å²) in [4.78, 5) is 118. The fourth-order valence-corrected chi connectivity index (χ4v) is 9.16. The van der Waals surface area contributed by atoms with E-state index in [1.54, 1.807) is 25.7 Å². The number of hydrogen-bond acceptors (Lipinski definition) is 14. The van der Waals surface area contributed by atoms with Crippen LogP contribution in [0.5, 0.6) is 11.5 Å². The van der Waals surface area contributed by atoms with Crippen molar-refractivity contribution in [2.45, 2.75) is 109 Å². The Labute approximate surface area is 391 Å². The average Bonchev–Trinajstić information content (AvgIpc) is 3.56. The van der Waals surface area contributed by atoms with Crippen LogP contribution in [0, 0.1) is 18.6 Å². The standard InChI is InChI=1S/C44H50F2N5O17P/c1-22-12-26(14-33(52)48-30(41(58)59)16-34(53)54)35(31(13-22)67-69(61,62)63)43(4,5)10-11-64-42(60)66-21-65-38-36-40(57)50-20-32(44(9-8-24(50)3)17-23(2)49-68-44)51(36)19-28(37(38)55)39(56)47-18-25-6-7-27(45)15-29(25)46/h6-7,12-13,15,19,24,30,32H,8-11,14,16-18,20-21H2,1-5H3,(H,47,56)(H,48,52)(H,53,54)(H,58,59)(H2,61,62,63)/t24-,30?,32+,44-/m0/s1. The zero-order chi connectivity index (χ0) is 50.7. The molecule has 22 nitrogen and oxygen atoms in total. The van der Waals surface area contributed by atoms with Crippen LogP contribution in [0.2, 0.25) is 0 Å². The van der Waals surface area contributed by atoms with Crippen LogP contribution >= 0.6 is 7.82 Å². The quantitative estimate of drug-likeness (QED) is 0.0596. The Kier molecular flexibility index (Phi) is 15.2. The number of carbonyl (C=O) groups is 6. The molecule has 6 rings (SSSR count). The third-order valence-electron chi connectivity index (χ3n) is 12.0. The van der Waals surface area contributed by atoms with Crippen molar-refractivity contribution in [1.29, 1.82) is 0 Å². The van der Waals surface area contributed by atoms with Crippen molar-refractivity contribution in [2.75, 3.05) is 19.9 Å². The van der Waals surface area contributed by atoms with Crippen molar-refractivity contribution >= 4 is 49.3 Å². The van der Waals surface area contributed by atoms with Gasteiger partial charge in [0.1, 0.15) is 29.0 Å². The van der Waals surface area contributed by atoms with Gasteiger partial charge in [0.15, 0.2) is 11.3 Å².